The molecular weight excluding hydrogens is 334 g/mol. The first-order valence-electron chi connectivity index (χ1n) is 7.12. The van der Waals surface area contributed by atoms with Gasteiger partial charge in [-0.15, -0.1) is 11.3 Å². The fourth-order valence-electron chi connectivity index (χ4n) is 2.09. The summed E-state index contributed by atoms with van der Waals surface area (Å²) in [5.41, 5.74) is 1.15. The normalized spacial score (nSPS) is 13.1. The van der Waals surface area contributed by atoms with Crippen molar-refractivity contribution in [1.82, 2.24) is 15.1 Å². The highest BCUT2D eigenvalue weighted by Crippen LogP contribution is 2.29. The molecule has 110 valence electrons. The lowest BCUT2D eigenvalue weighted by Gasteiger charge is -2.16. The van der Waals surface area contributed by atoms with Crippen molar-refractivity contribution in [2.45, 2.75) is 45.7 Å². The Morgan fingerprint density at radius 3 is 2.70 bits per heavy atom. The Morgan fingerprint density at radius 2 is 2.15 bits per heavy atom. The van der Waals surface area contributed by atoms with E-state index in [1.807, 2.05) is 4.68 Å². The van der Waals surface area contributed by atoms with E-state index in [9.17, 15) is 0 Å². The molecule has 0 aliphatic rings. The topological polar surface area (TPSA) is 29.9 Å². The monoisotopic (exact) mass is 355 g/mol. The van der Waals surface area contributed by atoms with Crippen molar-refractivity contribution in [2.75, 3.05) is 6.54 Å². The van der Waals surface area contributed by atoms with Crippen LogP contribution in [0.25, 0.3) is 0 Å². The first-order valence-corrected chi connectivity index (χ1v) is 8.73. The molecule has 1 N–H and O–H groups in total. The van der Waals surface area contributed by atoms with Gasteiger partial charge in [0.2, 0.25) is 0 Å². The molecule has 2 aromatic heterocycles. The van der Waals surface area contributed by atoms with Gasteiger partial charge in [-0.25, -0.2) is 0 Å². The molecular formula is C15H22BrN3S. The van der Waals surface area contributed by atoms with Crippen LogP contribution in [0.2, 0.25) is 0 Å². The number of aromatic nitrogens is 2. The molecule has 2 aromatic rings. The summed E-state index contributed by atoms with van der Waals surface area (Å²) in [6.07, 6.45) is 4.15. The van der Waals surface area contributed by atoms with Crippen LogP contribution < -0.4 is 5.32 Å². The Morgan fingerprint density at radius 1 is 1.35 bits per heavy atom. The minimum atomic E-state index is 0.349. The maximum atomic E-state index is 4.66. The lowest BCUT2D eigenvalue weighted by molar-refractivity contribution is 0.503. The summed E-state index contributed by atoms with van der Waals surface area (Å²) in [5, 5.41) is 8.29. The highest BCUT2D eigenvalue weighted by Gasteiger charge is 2.15. The Bertz CT molecular complexity index is 533. The summed E-state index contributed by atoms with van der Waals surface area (Å²) in [4.78, 5) is 1.37. The summed E-state index contributed by atoms with van der Waals surface area (Å²) in [5.74, 6) is 0. The maximum Gasteiger partial charge on any atom is 0.0701 e. The zero-order valence-electron chi connectivity index (χ0n) is 12.3. The van der Waals surface area contributed by atoms with E-state index in [4.69, 9.17) is 0 Å². The van der Waals surface area contributed by atoms with Gasteiger partial charge in [-0.2, -0.15) is 5.10 Å². The van der Waals surface area contributed by atoms with Crippen LogP contribution in [0.1, 0.15) is 49.8 Å². The van der Waals surface area contributed by atoms with Crippen molar-refractivity contribution in [2.24, 2.45) is 0 Å². The molecule has 2 heterocycles. The number of thiophene rings is 1. The highest BCUT2D eigenvalue weighted by molar-refractivity contribution is 9.11. The van der Waals surface area contributed by atoms with Crippen molar-refractivity contribution in [3.63, 3.8) is 0 Å². The second-order valence-electron chi connectivity index (χ2n) is 5.23. The predicted molar refractivity (Wildman–Crippen MR) is 89.4 cm³/mol. The molecule has 3 nitrogen and oxygen atoms in total. The molecule has 0 amide bonds. The molecule has 0 saturated heterocycles. The Labute approximate surface area is 133 Å². The second kappa shape index (κ2) is 7.38. The molecule has 0 aliphatic carbocycles. The predicted octanol–water partition coefficient (Wildman–Crippen LogP) is 4.57. The van der Waals surface area contributed by atoms with Crippen molar-refractivity contribution in [3.8, 4) is 0 Å². The van der Waals surface area contributed by atoms with Gasteiger partial charge in [0.1, 0.15) is 0 Å². The molecule has 0 aliphatic heterocycles. The zero-order valence-corrected chi connectivity index (χ0v) is 14.7. The van der Waals surface area contributed by atoms with Gasteiger partial charge in [0.05, 0.1) is 9.48 Å². The molecule has 0 bridgehead atoms. The fraction of sp³-hybridized carbons (Fsp3) is 0.533. The van der Waals surface area contributed by atoms with Gasteiger partial charge in [-0.3, -0.25) is 4.68 Å². The largest absolute Gasteiger partial charge is 0.309 e. The van der Waals surface area contributed by atoms with Gasteiger partial charge < -0.3 is 5.32 Å². The minimum Gasteiger partial charge on any atom is -0.309 e. The first kappa shape index (κ1) is 15.7. The number of halogens is 1. The van der Waals surface area contributed by atoms with Crippen molar-refractivity contribution < 1.29 is 0 Å². The minimum absolute atomic E-state index is 0.349. The lowest BCUT2D eigenvalue weighted by atomic mass is 10.1. The van der Waals surface area contributed by atoms with E-state index >= 15 is 0 Å². The number of rotatable bonds is 7. The van der Waals surface area contributed by atoms with Crippen molar-refractivity contribution >= 4 is 27.3 Å². The zero-order chi connectivity index (χ0) is 14.5. The molecule has 1 unspecified atom stereocenters. The van der Waals surface area contributed by atoms with Crippen molar-refractivity contribution in [3.05, 3.63) is 38.8 Å². The molecule has 0 aromatic carbocycles. The number of nitrogens with zero attached hydrogens (tertiary/aromatic N) is 2. The molecule has 0 saturated carbocycles. The number of hydrogen-bond acceptors (Lipinski definition) is 3. The smallest absolute Gasteiger partial charge is 0.0701 e. The van der Waals surface area contributed by atoms with Gasteiger partial charge in [0, 0.05) is 29.6 Å². The van der Waals surface area contributed by atoms with Gasteiger partial charge in [0.15, 0.2) is 0 Å². The second-order valence-corrected chi connectivity index (χ2v) is 7.73. The van der Waals surface area contributed by atoms with Gasteiger partial charge >= 0.3 is 0 Å². The maximum absolute atomic E-state index is 4.66. The summed E-state index contributed by atoms with van der Waals surface area (Å²) >= 11 is 5.35. The average molecular weight is 356 g/mol. The molecule has 2 rings (SSSR count). The summed E-state index contributed by atoms with van der Waals surface area (Å²) in [7, 11) is 0. The van der Waals surface area contributed by atoms with Crippen LogP contribution in [0.3, 0.4) is 0 Å². The highest BCUT2D eigenvalue weighted by atomic mass is 79.9. The molecule has 20 heavy (non-hydrogen) atoms. The molecule has 5 heteroatoms. The van der Waals surface area contributed by atoms with Crippen LogP contribution in [0, 0.1) is 0 Å². The third kappa shape index (κ3) is 4.17. The molecule has 1 atom stereocenters. The molecule has 0 radical (unpaired) electrons. The lowest BCUT2D eigenvalue weighted by Crippen LogP contribution is -2.23. The van der Waals surface area contributed by atoms with Crippen molar-refractivity contribution in [1.29, 1.82) is 0 Å². The summed E-state index contributed by atoms with van der Waals surface area (Å²) < 4.78 is 3.21. The third-order valence-corrected chi connectivity index (χ3v) is 4.92. The standard InChI is InChI=1S/C15H22BrN3S/c1-4-8-17-13(14-5-6-15(16)20-14)10-12-7-9-19(18-12)11(2)3/h5-7,9,11,13,17H,4,8,10H2,1-3H3. The fourth-order valence-corrected chi connectivity index (χ4v) is 3.59. The van der Waals surface area contributed by atoms with Gasteiger partial charge in [0.25, 0.3) is 0 Å². The third-order valence-electron chi connectivity index (χ3n) is 3.18. The van der Waals surface area contributed by atoms with E-state index in [2.05, 4.69) is 71.5 Å². The summed E-state index contributed by atoms with van der Waals surface area (Å²) in [6, 6.07) is 7.21. The summed E-state index contributed by atoms with van der Waals surface area (Å²) in [6.45, 7) is 7.53. The molecule has 0 fully saturated rings. The average Bonchev–Trinajstić information content (AvgIpc) is 3.03. The van der Waals surface area contributed by atoms with E-state index in [1.165, 1.54) is 8.66 Å². The Hall–Kier alpha value is -0.650. The van der Waals surface area contributed by atoms with Crippen LogP contribution in [0.4, 0.5) is 0 Å². The first-order chi connectivity index (χ1) is 9.60. The van der Waals surface area contributed by atoms with Crippen LogP contribution in [-0.4, -0.2) is 16.3 Å². The molecule has 0 spiro atoms. The van der Waals surface area contributed by atoms with Crippen LogP contribution in [0.15, 0.2) is 28.2 Å². The Balaban J connectivity index is 2.10. The van der Waals surface area contributed by atoms with E-state index in [0.717, 1.165) is 25.1 Å². The quantitative estimate of drug-likeness (QED) is 0.788. The Kier molecular flexibility index (Phi) is 5.81. The SMILES string of the molecule is CCCNC(Cc1ccn(C(C)C)n1)c1ccc(Br)s1. The van der Waals surface area contributed by atoms with Crippen LogP contribution in [0.5, 0.6) is 0 Å². The van der Waals surface area contributed by atoms with E-state index in [1.54, 1.807) is 11.3 Å². The van der Waals surface area contributed by atoms with Crippen LogP contribution in [-0.2, 0) is 6.42 Å². The number of nitrogens with one attached hydrogen (secondary N) is 1. The van der Waals surface area contributed by atoms with Crippen LogP contribution >= 0.6 is 27.3 Å². The van der Waals surface area contributed by atoms with Gasteiger partial charge in [-0.05, 0) is 60.9 Å². The number of hydrogen-bond donors (Lipinski definition) is 1. The van der Waals surface area contributed by atoms with E-state index in [0.29, 0.717) is 12.1 Å². The van der Waals surface area contributed by atoms with E-state index in [-0.39, 0.29) is 0 Å². The van der Waals surface area contributed by atoms with Gasteiger partial charge in [-0.1, -0.05) is 6.92 Å². The van der Waals surface area contributed by atoms with E-state index < -0.39 is 0 Å².